The first-order chi connectivity index (χ1) is 9.33. The van der Waals surface area contributed by atoms with Crippen LogP contribution >= 0.6 is 0 Å². The first-order valence-electron chi connectivity index (χ1n) is 6.47. The first kappa shape index (κ1) is 11.8. The molecule has 1 aromatic heterocycles. The van der Waals surface area contributed by atoms with Crippen molar-refractivity contribution in [3.8, 4) is 5.69 Å². The largest absolute Gasteiger partial charge is 0.370 e. The molecule has 1 saturated carbocycles. The van der Waals surface area contributed by atoms with Crippen LogP contribution in [0.1, 0.15) is 18.4 Å². The highest BCUT2D eigenvalue weighted by molar-refractivity contribution is 5.78. The average Bonchev–Trinajstić information content (AvgIpc) is 3.07. The Hall–Kier alpha value is -2.30. The van der Waals surface area contributed by atoms with Gasteiger partial charge in [0.25, 0.3) is 0 Å². The number of aliphatic imine (C=N–C) groups is 1. The summed E-state index contributed by atoms with van der Waals surface area (Å²) in [4.78, 5) is 4.39. The predicted octanol–water partition coefficient (Wildman–Crippen LogP) is 1.44. The summed E-state index contributed by atoms with van der Waals surface area (Å²) in [6, 6.07) is 10.5. The van der Waals surface area contributed by atoms with E-state index in [9.17, 15) is 0 Å². The molecular weight excluding hydrogens is 238 g/mol. The van der Waals surface area contributed by atoms with E-state index in [0.29, 0.717) is 18.5 Å². The highest BCUT2D eigenvalue weighted by Gasteiger charge is 2.21. The molecule has 0 unspecified atom stereocenters. The zero-order valence-corrected chi connectivity index (χ0v) is 10.7. The number of rotatable bonds is 4. The minimum absolute atomic E-state index is 0.526. The smallest absolute Gasteiger partial charge is 0.189 e. The van der Waals surface area contributed by atoms with Gasteiger partial charge >= 0.3 is 0 Å². The van der Waals surface area contributed by atoms with Crippen LogP contribution in [0.5, 0.6) is 0 Å². The first-order valence-corrected chi connectivity index (χ1v) is 6.47. The van der Waals surface area contributed by atoms with Gasteiger partial charge in [-0.2, -0.15) is 5.10 Å². The molecule has 1 aliphatic rings. The van der Waals surface area contributed by atoms with Crippen LogP contribution in [0.25, 0.3) is 5.69 Å². The Morgan fingerprint density at radius 3 is 2.95 bits per heavy atom. The molecule has 5 heteroatoms. The van der Waals surface area contributed by atoms with Crippen LogP contribution in [-0.4, -0.2) is 21.8 Å². The molecule has 0 atom stereocenters. The number of nitrogens with one attached hydrogen (secondary N) is 1. The zero-order valence-electron chi connectivity index (χ0n) is 10.7. The Kier molecular flexibility index (Phi) is 3.18. The lowest BCUT2D eigenvalue weighted by atomic mass is 10.2. The number of guanidine groups is 1. The maximum absolute atomic E-state index is 5.85. The van der Waals surface area contributed by atoms with Crippen LogP contribution in [0.4, 0.5) is 0 Å². The van der Waals surface area contributed by atoms with Crippen molar-refractivity contribution in [1.82, 2.24) is 15.1 Å². The lowest BCUT2D eigenvalue weighted by Gasteiger charge is -2.08. The maximum atomic E-state index is 5.85. The summed E-state index contributed by atoms with van der Waals surface area (Å²) in [5, 5.41) is 7.44. The minimum atomic E-state index is 0.526. The summed E-state index contributed by atoms with van der Waals surface area (Å²) in [6.07, 6.45) is 6.08. The van der Waals surface area contributed by atoms with Crippen molar-refractivity contribution >= 4 is 5.96 Å². The van der Waals surface area contributed by atoms with E-state index < -0.39 is 0 Å². The van der Waals surface area contributed by atoms with Crippen LogP contribution < -0.4 is 11.1 Å². The molecule has 3 rings (SSSR count). The van der Waals surface area contributed by atoms with E-state index in [4.69, 9.17) is 5.73 Å². The van der Waals surface area contributed by atoms with Gasteiger partial charge < -0.3 is 11.1 Å². The number of nitrogens with zero attached hydrogens (tertiary/aromatic N) is 3. The van der Waals surface area contributed by atoms with Gasteiger partial charge in [-0.1, -0.05) is 18.2 Å². The van der Waals surface area contributed by atoms with Crippen LogP contribution in [-0.2, 0) is 6.54 Å². The summed E-state index contributed by atoms with van der Waals surface area (Å²) in [7, 11) is 0. The fourth-order valence-corrected chi connectivity index (χ4v) is 1.93. The van der Waals surface area contributed by atoms with Crippen LogP contribution in [0.15, 0.2) is 47.7 Å². The molecule has 0 saturated heterocycles. The van der Waals surface area contributed by atoms with Crippen molar-refractivity contribution in [3.63, 3.8) is 0 Å². The van der Waals surface area contributed by atoms with Crippen molar-refractivity contribution in [2.75, 3.05) is 0 Å². The van der Waals surface area contributed by atoms with Crippen molar-refractivity contribution < 1.29 is 0 Å². The van der Waals surface area contributed by atoms with Gasteiger partial charge in [-0.25, -0.2) is 9.67 Å². The van der Waals surface area contributed by atoms with Crippen molar-refractivity contribution in [2.45, 2.75) is 25.4 Å². The third kappa shape index (κ3) is 2.93. The minimum Gasteiger partial charge on any atom is -0.370 e. The fourth-order valence-electron chi connectivity index (χ4n) is 1.93. The molecule has 0 bridgehead atoms. The predicted molar refractivity (Wildman–Crippen MR) is 75.0 cm³/mol. The lowest BCUT2D eigenvalue weighted by Crippen LogP contribution is -2.33. The Bertz CT molecular complexity index is 569. The highest BCUT2D eigenvalue weighted by Crippen LogP contribution is 2.18. The highest BCUT2D eigenvalue weighted by atomic mass is 15.3. The van der Waals surface area contributed by atoms with Gasteiger partial charge in [0.05, 0.1) is 12.2 Å². The van der Waals surface area contributed by atoms with E-state index >= 15 is 0 Å². The van der Waals surface area contributed by atoms with Crippen molar-refractivity contribution in [3.05, 3.63) is 48.3 Å². The number of hydrogen-bond donors (Lipinski definition) is 2. The normalized spacial score (nSPS) is 15.5. The van der Waals surface area contributed by atoms with E-state index in [0.717, 1.165) is 11.3 Å². The number of aromatic nitrogens is 2. The van der Waals surface area contributed by atoms with E-state index in [2.05, 4.69) is 15.4 Å². The number of hydrogen-bond acceptors (Lipinski definition) is 2. The molecule has 0 aliphatic heterocycles. The van der Waals surface area contributed by atoms with E-state index in [1.807, 2.05) is 41.2 Å². The summed E-state index contributed by atoms with van der Waals surface area (Å²) in [5.41, 5.74) is 7.99. The fraction of sp³-hybridized carbons (Fsp3) is 0.286. The van der Waals surface area contributed by atoms with Crippen molar-refractivity contribution in [1.29, 1.82) is 0 Å². The van der Waals surface area contributed by atoms with E-state index in [-0.39, 0.29) is 0 Å². The third-order valence-corrected chi connectivity index (χ3v) is 3.09. The molecular formula is C14H17N5. The van der Waals surface area contributed by atoms with Crippen molar-refractivity contribution in [2.24, 2.45) is 10.7 Å². The van der Waals surface area contributed by atoms with Crippen LogP contribution in [0.3, 0.4) is 0 Å². The van der Waals surface area contributed by atoms with Crippen LogP contribution in [0.2, 0.25) is 0 Å². The summed E-state index contributed by atoms with van der Waals surface area (Å²) in [6.45, 7) is 0.557. The second-order valence-electron chi connectivity index (χ2n) is 4.70. The standard InChI is InChI=1S/C14H17N5/c15-14(18-12-6-7-12)16-10-11-4-1-2-5-13(11)19-9-3-8-17-19/h1-5,8-9,12H,6-7,10H2,(H3,15,16,18). The monoisotopic (exact) mass is 255 g/mol. The van der Waals surface area contributed by atoms with Crippen LogP contribution in [0, 0.1) is 0 Å². The van der Waals surface area contributed by atoms with Gasteiger partial charge in [0.2, 0.25) is 0 Å². The van der Waals surface area contributed by atoms with E-state index in [1.54, 1.807) is 6.20 Å². The Morgan fingerprint density at radius 1 is 1.37 bits per heavy atom. The molecule has 1 fully saturated rings. The zero-order chi connectivity index (χ0) is 13.1. The second kappa shape index (κ2) is 5.14. The molecule has 1 heterocycles. The molecule has 5 nitrogen and oxygen atoms in total. The van der Waals surface area contributed by atoms with Gasteiger partial charge in [0.15, 0.2) is 5.96 Å². The molecule has 0 radical (unpaired) electrons. The molecule has 1 aromatic carbocycles. The van der Waals surface area contributed by atoms with Gasteiger partial charge in [-0.15, -0.1) is 0 Å². The molecule has 0 amide bonds. The van der Waals surface area contributed by atoms with E-state index in [1.165, 1.54) is 12.8 Å². The summed E-state index contributed by atoms with van der Waals surface area (Å²) < 4.78 is 1.84. The number of benzene rings is 1. The quantitative estimate of drug-likeness (QED) is 0.641. The molecule has 1 aliphatic carbocycles. The molecule has 19 heavy (non-hydrogen) atoms. The summed E-state index contributed by atoms with van der Waals surface area (Å²) >= 11 is 0. The van der Waals surface area contributed by atoms with Gasteiger partial charge in [-0.05, 0) is 30.5 Å². The average molecular weight is 255 g/mol. The van der Waals surface area contributed by atoms with Gasteiger partial charge in [-0.3, -0.25) is 0 Å². The Balaban J connectivity index is 1.77. The topological polar surface area (TPSA) is 68.2 Å². The SMILES string of the molecule is NC(=NCc1ccccc1-n1cccn1)NC1CC1. The number of para-hydroxylation sites is 1. The third-order valence-electron chi connectivity index (χ3n) is 3.09. The summed E-state index contributed by atoms with van der Waals surface area (Å²) in [5.74, 6) is 0.526. The van der Waals surface area contributed by atoms with Gasteiger partial charge in [0, 0.05) is 18.4 Å². The second-order valence-corrected chi connectivity index (χ2v) is 4.70. The molecule has 0 spiro atoms. The molecule has 2 aromatic rings. The maximum Gasteiger partial charge on any atom is 0.189 e. The molecule has 3 N–H and O–H groups in total. The number of nitrogens with two attached hydrogens (primary N) is 1. The van der Waals surface area contributed by atoms with Gasteiger partial charge in [0.1, 0.15) is 0 Å². The Labute approximate surface area is 112 Å². The Morgan fingerprint density at radius 2 is 2.21 bits per heavy atom. The lowest BCUT2D eigenvalue weighted by molar-refractivity contribution is 0.848. The molecule has 98 valence electrons.